The van der Waals surface area contributed by atoms with Gasteiger partial charge in [-0.25, -0.2) is 0 Å². The van der Waals surface area contributed by atoms with Crippen molar-refractivity contribution in [3.05, 3.63) is 46.6 Å². The summed E-state index contributed by atoms with van der Waals surface area (Å²) in [5.74, 6) is 1.87. The molecular weight excluding hydrogens is 364 g/mol. The summed E-state index contributed by atoms with van der Waals surface area (Å²) in [6.07, 6.45) is 5.21. The summed E-state index contributed by atoms with van der Waals surface area (Å²) in [6.45, 7) is 6.75. The maximum Gasteiger partial charge on any atom is 0.225 e. The summed E-state index contributed by atoms with van der Waals surface area (Å²) in [4.78, 5) is 14.9. The standard InChI is InChI=1S/C23H30N4O2/c1-16-11-17(2)13-20(12-16)29-10-8-24-23(28)19-6-4-9-27(15-19)22-14-18-5-3-7-21(18)25-26-22/h11-14,19H,3-10,15H2,1-2H3,(H,24,28). The van der Waals surface area contributed by atoms with Crippen molar-refractivity contribution in [2.45, 2.75) is 46.0 Å². The van der Waals surface area contributed by atoms with Gasteiger partial charge in [0, 0.05) is 13.1 Å². The number of aryl methyl sites for hydroxylation is 4. The number of carbonyl (C=O) groups is 1. The minimum absolute atomic E-state index is 0.0139. The van der Waals surface area contributed by atoms with Gasteiger partial charge in [-0.05, 0) is 80.8 Å². The Hall–Kier alpha value is -2.63. The van der Waals surface area contributed by atoms with Crippen LogP contribution in [0.4, 0.5) is 5.82 Å². The molecule has 1 aliphatic carbocycles. The van der Waals surface area contributed by atoms with Crippen LogP contribution in [0.2, 0.25) is 0 Å². The van der Waals surface area contributed by atoms with Gasteiger partial charge in [-0.2, -0.15) is 5.10 Å². The van der Waals surface area contributed by atoms with E-state index in [2.05, 4.69) is 46.4 Å². The van der Waals surface area contributed by atoms with Gasteiger partial charge >= 0.3 is 0 Å². The molecule has 2 aromatic rings. The number of carbonyl (C=O) groups excluding carboxylic acids is 1. The van der Waals surface area contributed by atoms with Gasteiger partial charge in [-0.15, -0.1) is 5.10 Å². The highest BCUT2D eigenvalue weighted by atomic mass is 16.5. The number of fused-ring (bicyclic) bond motifs is 1. The molecular formula is C23H30N4O2. The Kier molecular flexibility index (Phi) is 5.97. The zero-order valence-electron chi connectivity index (χ0n) is 17.4. The van der Waals surface area contributed by atoms with E-state index in [0.29, 0.717) is 19.7 Å². The van der Waals surface area contributed by atoms with Crippen molar-refractivity contribution in [2.24, 2.45) is 5.92 Å². The predicted octanol–water partition coefficient (Wildman–Crippen LogP) is 2.99. The summed E-state index contributed by atoms with van der Waals surface area (Å²) in [5.41, 5.74) is 4.83. The molecule has 1 atom stereocenters. The number of piperidine rings is 1. The van der Waals surface area contributed by atoms with Crippen molar-refractivity contribution in [3.63, 3.8) is 0 Å². The molecule has 1 fully saturated rings. The molecule has 1 aromatic heterocycles. The molecule has 1 amide bonds. The van der Waals surface area contributed by atoms with Gasteiger partial charge in [0.15, 0.2) is 5.82 Å². The van der Waals surface area contributed by atoms with Crippen LogP contribution in [0.15, 0.2) is 24.3 Å². The van der Waals surface area contributed by atoms with Crippen LogP contribution in [0.25, 0.3) is 0 Å². The molecule has 2 heterocycles. The molecule has 1 saturated heterocycles. The van der Waals surface area contributed by atoms with Crippen LogP contribution in [0.3, 0.4) is 0 Å². The number of nitrogens with zero attached hydrogens (tertiary/aromatic N) is 3. The number of hydrogen-bond acceptors (Lipinski definition) is 5. The predicted molar refractivity (Wildman–Crippen MR) is 113 cm³/mol. The van der Waals surface area contributed by atoms with E-state index in [1.807, 2.05) is 12.1 Å². The quantitative estimate of drug-likeness (QED) is 0.763. The Bertz CT molecular complexity index is 863. The van der Waals surface area contributed by atoms with Crippen LogP contribution in [-0.4, -0.2) is 42.3 Å². The molecule has 29 heavy (non-hydrogen) atoms. The minimum Gasteiger partial charge on any atom is -0.492 e. The lowest BCUT2D eigenvalue weighted by molar-refractivity contribution is -0.125. The largest absolute Gasteiger partial charge is 0.492 e. The zero-order valence-corrected chi connectivity index (χ0v) is 17.4. The fraction of sp³-hybridized carbons (Fsp3) is 0.522. The first-order valence-electron chi connectivity index (χ1n) is 10.7. The topological polar surface area (TPSA) is 67.3 Å². The van der Waals surface area contributed by atoms with E-state index in [4.69, 9.17) is 4.74 Å². The van der Waals surface area contributed by atoms with E-state index in [1.165, 1.54) is 23.1 Å². The molecule has 0 spiro atoms. The number of nitrogens with one attached hydrogen (secondary N) is 1. The summed E-state index contributed by atoms with van der Waals surface area (Å²) in [5, 5.41) is 11.9. The second kappa shape index (κ2) is 8.80. The second-order valence-corrected chi connectivity index (χ2v) is 8.28. The smallest absolute Gasteiger partial charge is 0.225 e. The average Bonchev–Trinajstić information content (AvgIpc) is 3.18. The molecule has 6 nitrogen and oxygen atoms in total. The first kappa shape index (κ1) is 19.7. The van der Waals surface area contributed by atoms with Crippen molar-refractivity contribution in [1.82, 2.24) is 15.5 Å². The molecule has 4 rings (SSSR count). The van der Waals surface area contributed by atoms with Crippen LogP contribution in [0, 0.1) is 19.8 Å². The van der Waals surface area contributed by atoms with Crippen molar-refractivity contribution >= 4 is 11.7 Å². The highest BCUT2D eigenvalue weighted by molar-refractivity contribution is 5.79. The van der Waals surface area contributed by atoms with Crippen molar-refractivity contribution in [1.29, 1.82) is 0 Å². The van der Waals surface area contributed by atoms with Gasteiger partial charge in [0.25, 0.3) is 0 Å². The number of hydrogen-bond donors (Lipinski definition) is 1. The molecule has 1 unspecified atom stereocenters. The van der Waals surface area contributed by atoms with Crippen LogP contribution in [0.1, 0.15) is 41.6 Å². The third-order valence-corrected chi connectivity index (χ3v) is 5.79. The van der Waals surface area contributed by atoms with E-state index in [0.717, 1.165) is 49.5 Å². The van der Waals surface area contributed by atoms with Gasteiger partial charge in [0.2, 0.25) is 5.91 Å². The number of rotatable bonds is 6. The lowest BCUT2D eigenvalue weighted by atomic mass is 9.97. The molecule has 2 aliphatic rings. The summed E-state index contributed by atoms with van der Waals surface area (Å²) >= 11 is 0. The van der Waals surface area contributed by atoms with Gasteiger partial charge in [0.1, 0.15) is 12.4 Å². The Labute approximate surface area is 172 Å². The normalized spacial score (nSPS) is 18.4. The highest BCUT2D eigenvalue weighted by Crippen LogP contribution is 2.26. The fourth-order valence-electron chi connectivity index (χ4n) is 4.37. The summed E-state index contributed by atoms with van der Waals surface area (Å²) in [7, 11) is 0. The van der Waals surface area contributed by atoms with Crippen LogP contribution in [0.5, 0.6) is 5.75 Å². The maximum atomic E-state index is 12.7. The molecule has 6 heteroatoms. The van der Waals surface area contributed by atoms with Crippen LogP contribution in [-0.2, 0) is 17.6 Å². The molecule has 1 aliphatic heterocycles. The van der Waals surface area contributed by atoms with E-state index >= 15 is 0 Å². The maximum absolute atomic E-state index is 12.7. The van der Waals surface area contributed by atoms with Crippen molar-refractivity contribution < 1.29 is 9.53 Å². The number of anilines is 1. The lowest BCUT2D eigenvalue weighted by Crippen LogP contribution is -2.44. The first-order valence-corrected chi connectivity index (χ1v) is 10.7. The van der Waals surface area contributed by atoms with Gasteiger partial charge in [-0.3, -0.25) is 4.79 Å². The number of amides is 1. The Morgan fingerprint density at radius 2 is 1.97 bits per heavy atom. The SMILES string of the molecule is Cc1cc(C)cc(OCCNC(=O)C2CCCN(c3cc4c(nn3)CCC4)C2)c1. The molecule has 0 bridgehead atoms. The fourth-order valence-corrected chi connectivity index (χ4v) is 4.37. The highest BCUT2D eigenvalue weighted by Gasteiger charge is 2.27. The first-order chi connectivity index (χ1) is 14.1. The Morgan fingerprint density at radius 3 is 2.79 bits per heavy atom. The number of benzene rings is 1. The van der Waals surface area contributed by atoms with Gasteiger partial charge in [0.05, 0.1) is 18.2 Å². The summed E-state index contributed by atoms with van der Waals surface area (Å²) < 4.78 is 5.80. The number of aromatic nitrogens is 2. The van der Waals surface area contributed by atoms with E-state index < -0.39 is 0 Å². The second-order valence-electron chi connectivity index (χ2n) is 8.28. The Balaban J connectivity index is 1.26. The molecule has 0 radical (unpaired) electrons. The van der Waals surface area contributed by atoms with Crippen molar-refractivity contribution in [2.75, 3.05) is 31.1 Å². The number of ether oxygens (including phenoxy) is 1. The summed E-state index contributed by atoms with van der Waals surface area (Å²) in [6, 6.07) is 8.33. The monoisotopic (exact) mass is 394 g/mol. The molecule has 1 aromatic carbocycles. The van der Waals surface area contributed by atoms with E-state index in [1.54, 1.807) is 0 Å². The van der Waals surface area contributed by atoms with Crippen LogP contribution < -0.4 is 15.0 Å². The lowest BCUT2D eigenvalue weighted by Gasteiger charge is -2.32. The van der Waals surface area contributed by atoms with E-state index in [-0.39, 0.29) is 11.8 Å². The Morgan fingerprint density at radius 1 is 1.14 bits per heavy atom. The third-order valence-electron chi connectivity index (χ3n) is 5.79. The third kappa shape index (κ3) is 4.86. The van der Waals surface area contributed by atoms with Crippen molar-refractivity contribution in [3.8, 4) is 5.75 Å². The average molecular weight is 395 g/mol. The molecule has 154 valence electrons. The molecule has 1 N–H and O–H groups in total. The van der Waals surface area contributed by atoms with Gasteiger partial charge in [-0.1, -0.05) is 6.07 Å². The minimum atomic E-state index is -0.0139. The molecule has 0 saturated carbocycles. The van der Waals surface area contributed by atoms with Crippen LogP contribution >= 0.6 is 0 Å². The van der Waals surface area contributed by atoms with E-state index in [9.17, 15) is 4.79 Å². The zero-order chi connectivity index (χ0) is 20.2. The van der Waals surface area contributed by atoms with Gasteiger partial charge < -0.3 is 15.0 Å².